The minimum Gasteiger partial charge on any atom is -0.333 e. The molecule has 74 valence electrons. The van der Waals surface area contributed by atoms with Gasteiger partial charge in [-0.15, -0.1) is 0 Å². The molecule has 0 saturated heterocycles. The number of nitrogens with zero attached hydrogens (tertiary/aromatic N) is 1. The maximum Gasteiger partial charge on any atom is 0.166 e. The second kappa shape index (κ2) is 4.21. The maximum absolute atomic E-state index is 5.85. The van der Waals surface area contributed by atoms with Crippen LogP contribution in [-0.2, 0) is 0 Å². The highest BCUT2D eigenvalue weighted by molar-refractivity contribution is 7.99. The van der Waals surface area contributed by atoms with Gasteiger partial charge in [-0.3, -0.25) is 0 Å². The first-order valence-electron chi connectivity index (χ1n) is 4.28. The molecule has 0 unspecified atom stereocenters. The third kappa shape index (κ3) is 2.03. The Kier molecular flexibility index (Phi) is 2.96. The average Bonchev–Trinajstić information content (AvgIpc) is 2.56. The Labute approximate surface area is 91.0 Å². The van der Waals surface area contributed by atoms with Gasteiger partial charge >= 0.3 is 0 Å². The van der Waals surface area contributed by atoms with E-state index in [9.17, 15) is 0 Å². The van der Waals surface area contributed by atoms with Gasteiger partial charge in [0.15, 0.2) is 5.16 Å². The van der Waals surface area contributed by atoms with Crippen molar-refractivity contribution in [3.8, 4) is 0 Å². The number of benzene rings is 1. The molecule has 0 atom stereocenters. The predicted octanol–water partition coefficient (Wildman–Crippen LogP) is 2.27. The van der Waals surface area contributed by atoms with Crippen molar-refractivity contribution in [1.82, 2.24) is 9.97 Å². The molecule has 0 fully saturated rings. The van der Waals surface area contributed by atoms with Gasteiger partial charge in [0.05, 0.1) is 11.0 Å². The summed E-state index contributed by atoms with van der Waals surface area (Å²) in [6, 6.07) is 5.62. The van der Waals surface area contributed by atoms with Gasteiger partial charge in [-0.05, 0) is 18.2 Å². The van der Waals surface area contributed by atoms with Crippen LogP contribution in [0, 0.1) is 0 Å². The Morgan fingerprint density at radius 3 is 3.14 bits per heavy atom. The van der Waals surface area contributed by atoms with Crippen molar-refractivity contribution < 1.29 is 0 Å². The number of hydrogen-bond donors (Lipinski definition) is 2. The summed E-state index contributed by atoms with van der Waals surface area (Å²) in [5.74, 6) is 0.869. The Hall–Kier alpha value is -0.710. The molecule has 1 aromatic carbocycles. The molecule has 2 rings (SSSR count). The summed E-state index contributed by atoms with van der Waals surface area (Å²) in [5.41, 5.74) is 7.32. The molecule has 0 aliphatic rings. The second-order valence-corrected chi connectivity index (χ2v) is 4.36. The van der Waals surface area contributed by atoms with Crippen molar-refractivity contribution in [2.75, 3.05) is 12.3 Å². The quantitative estimate of drug-likeness (QED) is 0.791. The number of imidazole rings is 1. The first kappa shape index (κ1) is 9.83. The lowest BCUT2D eigenvalue weighted by molar-refractivity contribution is 1.07. The summed E-state index contributed by atoms with van der Waals surface area (Å²) < 4.78 is 0. The molecule has 0 aliphatic heterocycles. The SMILES string of the molecule is NCCSc1nc2cc(Cl)ccc2[nH]1. The monoisotopic (exact) mass is 227 g/mol. The summed E-state index contributed by atoms with van der Waals surface area (Å²) in [6.45, 7) is 0.655. The molecule has 14 heavy (non-hydrogen) atoms. The Bertz CT molecular complexity index is 441. The molecule has 5 heteroatoms. The zero-order chi connectivity index (χ0) is 9.97. The van der Waals surface area contributed by atoms with Gasteiger partial charge in [0.1, 0.15) is 0 Å². The zero-order valence-electron chi connectivity index (χ0n) is 7.46. The minimum absolute atomic E-state index is 0.655. The predicted molar refractivity (Wildman–Crippen MR) is 60.9 cm³/mol. The van der Waals surface area contributed by atoms with Gasteiger partial charge in [0.25, 0.3) is 0 Å². The fraction of sp³-hybridized carbons (Fsp3) is 0.222. The molecule has 1 aromatic heterocycles. The second-order valence-electron chi connectivity index (χ2n) is 2.84. The van der Waals surface area contributed by atoms with Crippen molar-refractivity contribution >= 4 is 34.4 Å². The van der Waals surface area contributed by atoms with Crippen LogP contribution in [0.5, 0.6) is 0 Å². The molecule has 2 aromatic rings. The number of nitrogens with one attached hydrogen (secondary N) is 1. The summed E-state index contributed by atoms with van der Waals surface area (Å²) >= 11 is 7.47. The summed E-state index contributed by atoms with van der Waals surface area (Å²) in [4.78, 5) is 7.57. The largest absolute Gasteiger partial charge is 0.333 e. The van der Waals surface area contributed by atoms with Crippen LogP contribution in [0.15, 0.2) is 23.4 Å². The molecule has 0 amide bonds. The Balaban J connectivity index is 2.32. The van der Waals surface area contributed by atoms with E-state index in [0.29, 0.717) is 11.6 Å². The smallest absolute Gasteiger partial charge is 0.166 e. The van der Waals surface area contributed by atoms with Gasteiger partial charge in [-0.2, -0.15) is 0 Å². The molecule has 0 saturated carbocycles. The van der Waals surface area contributed by atoms with E-state index in [1.54, 1.807) is 11.8 Å². The highest BCUT2D eigenvalue weighted by Gasteiger charge is 2.02. The summed E-state index contributed by atoms with van der Waals surface area (Å²) in [7, 11) is 0. The van der Waals surface area contributed by atoms with Crippen LogP contribution in [0.1, 0.15) is 0 Å². The van der Waals surface area contributed by atoms with Crippen LogP contribution in [0.2, 0.25) is 5.02 Å². The molecule has 1 heterocycles. The van der Waals surface area contributed by atoms with Gasteiger partial charge in [-0.25, -0.2) is 4.98 Å². The normalized spacial score (nSPS) is 11.0. The standard InChI is InChI=1S/C9H10ClN3S/c10-6-1-2-7-8(5-6)13-9(12-7)14-4-3-11/h1-2,5H,3-4,11H2,(H,12,13). The van der Waals surface area contributed by atoms with Crippen molar-refractivity contribution in [2.24, 2.45) is 5.73 Å². The number of rotatable bonds is 3. The molecule has 0 spiro atoms. The van der Waals surface area contributed by atoms with Crippen molar-refractivity contribution in [1.29, 1.82) is 0 Å². The number of fused-ring (bicyclic) bond motifs is 1. The van der Waals surface area contributed by atoms with Gasteiger partial charge in [-0.1, -0.05) is 23.4 Å². The fourth-order valence-electron chi connectivity index (χ4n) is 1.18. The number of thioether (sulfide) groups is 1. The van der Waals surface area contributed by atoms with E-state index in [1.165, 1.54) is 0 Å². The minimum atomic E-state index is 0.655. The molecule has 3 nitrogen and oxygen atoms in total. The molecule has 0 aliphatic carbocycles. The lowest BCUT2D eigenvalue weighted by Gasteiger charge is -1.90. The van der Waals surface area contributed by atoms with Gasteiger partial charge in [0.2, 0.25) is 0 Å². The summed E-state index contributed by atoms with van der Waals surface area (Å²) in [5, 5.41) is 1.60. The van der Waals surface area contributed by atoms with Crippen molar-refractivity contribution in [3.63, 3.8) is 0 Å². The van der Waals surface area contributed by atoms with Gasteiger partial charge in [0, 0.05) is 17.3 Å². The van der Waals surface area contributed by atoms with Gasteiger partial charge < -0.3 is 10.7 Å². The highest BCUT2D eigenvalue weighted by atomic mass is 35.5. The molecule has 0 bridgehead atoms. The Morgan fingerprint density at radius 1 is 1.50 bits per heavy atom. The van der Waals surface area contributed by atoms with Crippen LogP contribution in [0.25, 0.3) is 11.0 Å². The van der Waals surface area contributed by atoms with Crippen LogP contribution in [0.4, 0.5) is 0 Å². The van der Waals surface area contributed by atoms with E-state index in [-0.39, 0.29) is 0 Å². The average molecular weight is 228 g/mol. The van der Waals surface area contributed by atoms with Crippen LogP contribution in [-0.4, -0.2) is 22.3 Å². The topological polar surface area (TPSA) is 54.7 Å². The number of aromatic nitrogens is 2. The number of hydrogen-bond acceptors (Lipinski definition) is 3. The van der Waals surface area contributed by atoms with E-state index >= 15 is 0 Å². The fourth-order valence-corrected chi connectivity index (χ4v) is 2.00. The van der Waals surface area contributed by atoms with Crippen molar-refractivity contribution in [3.05, 3.63) is 23.2 Å². The Morgan fingerprint density at radius 2 is 2.36 bits per heavy atom. The molecular weight excluding hydrogens is 218 g/mol. The summed E-state index contributed by atoms with van der Waals surface area (Å²) in [6.07, 6.45) is 0. The number of H-pyrrole nitrogens is 1. The number of aromatic amines is 1. The number of halogens is 1. The lowest BCUT2D eigenvalue weighted by atomic mass is 10.3. The molecule has 0 radical (unpaired) electrons. The third-order valence-electron chi connectivity index (χ3n) is 1.78. The lowest BCUT2D eigenvalue weighted by Crippen LogP contribution is -2.01. The van der Waals surface area contributed by atoms with Crippen LogP contribution < -0.4 is 5.73 Å². The number of nitrogens with two attached hydrogens (primary N) is 1. The zero-order valence-corrected chi connectivity index (χ0v) is 9.03. The first-order chi connectivity index (χ1) is 6.79. The third-order valence-corrected chi connectivity index (χ3v) is 2.92. The maximum atomic E-state index is 5.85. The van der Waals surface area contributed by atoms with E-state index < -0.39 is 0 Å². The van der Waals surface area contributed by atoms with Crippen LogP contribution >= 0.6 is 23.4 Å². The first-order valence-corrected chi connectivity index (χ1v) is 5.64. The van der Waals surface area contributed by atoms with E-state index in [1.807, 2.05) is 18.2 Å². The molecule has 3 N–H and O–H groups in total. The van der Waals surface area contributed by atoms with Crippen LogP contribution in [0.3, 0.4) is 0 Å². The van der Waals surface area contributed by atoms with E-state index in [4.69, 9.17) is 17.3 Å². The molecular formula is C9H10ClN3S. The van der Waals surface area contributed by atoms with E-state index in [0.717, 1.165) is 21.9 Å². The van der Waals surface area contributed by atoms with Crippen molar-refractivity contribution in [2.45, 2.75) is 5.16 Å². The van der Waals surface area contributed by atoms with E-state index in [2.05, 4.69) is 9.97 Å². The highest BCUT2D eigenvalue weighted by Crippen LogP contribution is 2.21.